The second kappa shape index (κ2) is 8.28. The van der Waals surface area contributed by atoms with Crippen molar-refractivity contribution in [3.63, 3.8) is 0 Å². The second-order valence-corrected chi connectivity index (χ2v) is 6.37. The molecule has 0 fully saturated rings. The van der Waals surface area contributed by atoms with Gasteiger partial charge in [0.1, 0.15) is 0 Å². The Labute approximate surface area is 125 Å². The van der Waals surface area contributed by atoms with E-state index >= 15 is 0 Å². The maximum Gasteiger partial charge on any atom is 0.0393 e. The SMILES string of the molecule is Cc1cc(CNCC(C)C)ccc1N(C)CCN(C)C. The first kappa shape index (κ1) is 17.0. The molecule has 0 radical (unpaired) electrons. The Hall–Kier alpha value is -1.06. The summed E-state index contributed by atoms with van der Waals surface area (Å²) >= 11 is 0. The topological polar surface area (TPSA) is 18.5 Å². The molecule has 0 aromatic heterocycles. The fraction of sp³-hybridized carbons (Fsp3) is 0.647. The smallest absolute Gasteiger partial charge is 0.0393 e. The number of nitrogens with zero attached hydrogens (tertiary/aromatic N) is 2. The number of rotatable bonds is 8. The number of hydrogen-bond acceptors (Lipinski definition) is 3. The summed E-state index contributed by atoms with van der Waals surface area (Å²) in [4.78, 5) is 4.55. The van der Waals surface area contributed by atoms with E-state index in [1.54, 1.807) is 0 Å². The van der Waals surface area contributed by atoms with Crippen LogP contribution in [-0.4, -0.2) is 45.7 Å². The lowest BCUT2D eigenvalue weighted by Gasteiger charge is -2.23. The monoisotopic (exact) mass is 277 g/mol. The Morgan fingerprint density at radius 3 is 2.35 bits per heavy atom. The molecule has 0 unspecified atom stereocenters. The lowest BCUT2D eigenvalue weighted by molar-refractivity contribution is 0.416. The van der Waals surface area contributed by atoms with Gasteiger partial charge in [-0.25, -0.2) is 0 Å². The second-order valence-electron chi connectivity index (χ2n) is 6.37. The summed E-state index contributed by atoms with van der Waals surface area (Å²) < 4.78 is 0. The van der Waals surface area contributed by atoms with Crippen LogP contribution in [0.3, 0.4) is 0 Å². The number of anilines is 1. The van der Waals surface area contributed by atoms with Gasteiger partial charge in [-0.1, -0.05) is 26.0 Å². The molecule has 0 bridgehead atoms. The molecule has 114 valence electrons. The van der Waals surface area contributed by atoms with Gasteiger partial charge >= 0.3 is 0 Å². The Morgan fingerprint density at radius 1 is 1.10 bits per heavy atom. The molecule has 1 N–H and O–H groups in total. The van der Waals surface area contributed by atoms with Gasteiger partial charge in [0.15, 0.2) is 0 Å². The quantitative estimate of drug-likeness (QED) is 0.788. The summed E-state index contributed by atoms with van der Waals surface area (Å²) in [5, 5.41) is 3.50. The van der Waals surface area contributed by atoms with Gasteiger partial charge in [0.05, 0.1) is 0 Å². The minimum atomic E-state index is 0.701. The molecule has 3 nitrogen and oxygen atoms in total. The van der Waals surface area contributed by atoms with Crippen molar-refractivity contribution in [3.05, 3.63) is 29.3 Å². The fourth-order valence-electron chi connectivity index (χ4n) is 2.23. The molecule has 0 aliphatic carbocycles. The molecule has 0 aliphatic heterocycles. The number of nitrogens with one attached hydrogen (secondary N) is 1. The molecule has 0 aliphatic rings. The molecule has 0 saturated heterocycles. The summed E-state index contributed by atoms with van der Waals surface area (Å²) in [6, 6.07) is 6.79. The third-order valence-electron chi connectivity index (χ3n) is 3.44. The molecule has 0 heterocycles. The maximum atomic E-state index is 3.50. The average molecular weight is 277 g/mol. The van der Waals surface area contributed by atoms with Crippen LogP contribution in [-0.2, 0) is 6.54 Å². The van der Waals surface area contributed by atoms with Crippen molar-refractivity contribution >= 4 is 5.69 Å². The van der Waals surface area contributed by atoms with Crippen LogP contribution in [0.1, 0.15) is 25.0 Å². The van der Waals surface area contributed by atoms with Crippen LogP contribution in [0, 0.1) is 12.8 Å². The minimum Gasteiger partial charge on any atom is -0.373 e. The molecule has 1 aromatic rings. The van der Waals surface area contributed by atoms with E-state index in [0.717, 1.165) is 26.2 Å². The van der Waals surface area contributed by atoms with E-state index in [1.807, 2.05) is 0 Å². The summed E-state index contributed by atoms with van der Waals surface area (Å²) in [6.45, 7) is 10.8. The Morgan fingerprint density at radius 2 is 1.80 bits per heavy atom. The Kier molecular flexibility index (Phi) is 7.03. The van der Waals surface area contributed by atoms with Crippen LogP contribution in [0.2, 0.25) is 0 Å². The van der Waals surface area contributed by atoms with E-state index in [-0.39, 0.29) is 0 Å². The highest BCUT2D eigenvalue weighted by Crippen LogP contribution is 2.20. The molecule has 1 rings (SSSR count). The van der Waals surface area contributed by atoms with E-state index in [0.29, 0.717) is 5.92 Å². The van der Waals surface area contributed by atoms with Gasteiger partial charge in [-0.05, 0) is 50.7 Å². The lowest BCUT2D eigenvalue weighted by Crippen LogP contribution is -2.29. The summed E-state index contributed by atoms with van der Waals surface area (Å²) in [5.74, 6) is 0.701. The van der Waals surface area contributed by atoms with Crippen molar-refractivity contribution in [3.8, 4) is 0 Å². The molecule has 3 heteroatoms. The molecular weight excluding hydrogens is 246 g/mol. The van der Waals surface area contributed by atoms with Gasteiger partial charge in [0, 0.05) is 32.4 Å². The zero-order valence-corrected chi connectivity index (χ0v) is 14.0. The standard InChI is InChI=1S/C17H31N3/c1-14(2)12-18-13-16-7-8-17(15(3)11-16)20(6)10-9-19(4)5/h7-8,11,14,18H,9-10,12-13H2,1-6H3. The van der Waals surface area contributed by atoms with E-state index in [4.69, 9.17) is 0 Å². The predicted octanol–water partition coefficient (Wildman–Crippen LogP) is 2.74. The highest BCUT2D eigenvalue weighted by atomic mass is 15.2. The van der Waals surface area contributed by atoms with Gasteiger partial charge in [-0.3, -0.25) is 0 Å². The van der Waals surface area contributed by atoms with Crippen molar-refractivity contribution in [1.82, 2.24) is 10.2 Å². The van der Waals surface area contributed by atoms with Gasteiger partial charge in [-0.2, -0.15) is 0 Å². The minimum absolute atomic E-state index is 0.701. The van der Waals surface area contributed by atoms with E-state index in [2.05, 4.69) is 75.2 Å². The van der Waals surface area contributed by atoms with Gasteiger partial charge in [0.2, 0.25) is 0 Å². The van der Waals surface area contributed by atoms with E-state index in [9.17, 15) is 0 Å². The highest BCUT2D eigenvalue weighted by Gasteiger charge is 2.06. The molecule has 0 spiro atoms. The van der Waals surface area contributed by atoms with Gasteiger partial charge in [0.25, 0.3) is 0 Å². The van der Waals surface area contributed by atoms with Crippen LogP contribution in [0.4, 0.5) is 5.69 Å². The van der Waals surface area contributed by atoms with Crippen molar-refractivity contribution in [2.24, 2.45) is 5.92 Å². The average Bonchev–Trinajstić information content (AvgIpc) is 2.35. The largest absolute Gasteiger partial charge is 0.373 e. The first-order valence-electron chi connectivity index (χ1n) is 7.56. The van der Waals surface area contributed by atoms with E-state index in [1.165, 1.54) is 16.8 Å². The third kappa shape index (κ3) is 5.93. The molecule has 0 saturated carbocycles. The van der Waals surface area contributed by atoms with Crippen LogP contribution >= 0.6 is 0 Å². The van der Waals surface area contributed by atoms with Crippen molar-refractivity contribution in [2.75, 3.05) is 45.7 Å². The van der Waals surface area contributed by atoms with Crippen molar-refractivity contribution in [1.29, 1.82) is 0 Å². The summed E-state index contributed by atoms with van der Waals surface area (Å²) in [7, 11) is 6.40. The summed E-state index contributed by atoms with van der Waals surface area (Å²) in [6.07, 6.45) is 0. The maximum absolute atomic E-state index is 3.50. The van der Waals surface area contributed by atoms with Crippen LogP contribution in [0.5, 0.6) is 0 Å². The molecular formula is C17H31N3. The Balaban J connectivity index is 2.58. The van der Waals surface area contributed by atoms with Gasteiger partial charge in [-0.15, -0.1) is 0 Å². The van der Waals surface area contributed by atoms with Crippen molar-refractivity contribution in [2.45, 2.75) is 27.3 Å². The highest BCUT2D eigenvalue weighted by molar-refractivity contribution is 5.53. The molecule has 1 aromatic carbocycles. The zero-order valence-electron chi connectivity index (χ0n) is 14.0. The normalized spacial score (nSPS) is 11.4. The van der Waals surface area contributed by atoms with Gasteiger partial charge < -0.3 is 15.1 Å². The number of hydrogen-bond donors (Lipinski definition) is 1. The predicted molar refractivity (Wildman–Crippen MR) is 89.5 cm³/mol. The zero-order chi connectivity index (χ0) is 15.1. The van der Waals surface area contributed by atoms with Crippen LogP contribution in [0.25, 0.3) is 0 Å². The van der Waals surface area contributed by atoms with E-state index < -0.39 is 0 Å². The lowest BCUT2D eigenvalue weighted by atomic mass is 10.1. The van der Waals surface area contributed by atoms with Crippen LogP contribution in [0.15, 0.2) is 18.2 Å². The fourth-order valence-corrected chi connectivity index (χ4v) is 2.23. The molecule has 0 atom stereocenters. The molecule has 0 amide bonds. The summed E-state index contributed by atoms with van der Waals surface area (Å²) in [5.41, 5.74) is 4.06. The first-order valence-corrected chi connectivity index (χ1v) is 7.56. The third-order valence-corrected chi connectivity index (χ3v) is 3.44. The Bertz CT molecular complexity index is 399. The molecule has 20 heavy (non-hydrogen) atoms. The van der Waals surface area contributed by atoms with Crippen LogP contribution < -0.4 is 10.2 Å². The number of aryl methyl sites for hydroxylation is 1. The number of likely N-dealkylation sites (N-methyl/N-ethyl adjacent to an activating group) is 2. The van der Waals surface area contributed by atoms with Crippen molar-refractivity contribution < 1.29 is 0 Å². The number of benzene rings is 1. The first-order chi connectivity index (χ1) is 9.40.